The van der Waals surface area contributed by atoms with E-state index in [2.05, 4.69) is 9.97 Å². The van der Waals surface area contributed by atoms with Gasteiger partial charge in [0.15, 0.2) is 0 Å². The van der Waals surface area contributed by atoms with Crippen molar-refractivity contribution in [3.63, 3.8) is 0 Å². The number of rotatable bonds is 2. The lowest BCUT2D eigenvalue weighted by Gasteiger charge is -1.97. The molecule has 12 heteroatoms. The van der Waals surface area contributed by atoms with Gasteiger partial charge in [-0.1, -0.05) is 23.2 Å². The van der Waals surface area contributed by atoms with Gasteiger partial charge in [-0.15, -0.1) is 0 Å². The Morgan fingerprint density at radius 3 is 1.50 bits per heavy atom. The Kier molecular flexibility index (Phi) is 6.53. The number of pyridine rings is 2. The van der Waals surface area contributed by atoms with Crippen molar-refractivity contribution >= 4 is 53.0 Å². The Labute approximate surface area is 141 Å². The van der Waals surface area contributed by atoms with Crippen LogP contribution in [0.3, 0.4) is 0 Å². The molecule has 0 aliphatic carbocycles. The number of nitrogens with two attached hydrogens (primary N) is 1. The smallest absolute Gasteiger partial charge is 0.263 e. The summed E-state index contributed by atoms with van der Waals surface area (Å²) >= 11 is 11.0. The van der Waals surface area contributed by atoms with Crippen LogP contribution >= 0.6 is 33.9 Å². The SMILES string of the molecule is NS(=O)(=O)c1cnccc1Cl.O=S(=O)(Cl)c1cnccc1Cl. The third-order valence-corrected chi connectivity index (χ3v) is 5.21. The molecule has 0 atom stereocenters. The second kappa shape index (κ2) is 7.53. The third-order valence-electron chi connectivity index (χ3n) is 2.04. The zero-order chi connectivity index (χ0) is 17.0. The normalized spacial score (nSPS) is 11.5. The van der Waals surface area contributed by atoms with E-state index < -0.39 is 19.1 Å². The van der Waals surface area contributed by atoms with Crippen LogP contribution in [0.4, 0.5) is 0 Å². The number of sulfonamides is 1. The van der Waals surface area contributed by atoms with Crippen LogP contribution in [0.15, 0.2) is 46.7 Å². The summed E-state index contributed by atoms with van der Waals surface area (Å²) in [7, 11) is -2.47. The van der Waals surface area contributed by atoms with E-state index in [0.717, 1.165) is 12.4 Å². The molecule has 0 saturated carbocycles. The molecule has 0 aromatic carbocycles. The fraction of sp³-hybridized carbons (Fsp3) is 0. The van der Waals surface area contributed by atoms with Gasteiger partial charge in [0.1, 0.15) is 9.79 Å². The lowest BCUT2D eigenvalue weighted by atomic mass is 10.5. The van der Waals surface area contributed by atoms with Crippen LogP contribution < -0.4 is 5.14 Å². The van der Waals surface area contributed by atoms with Crippen molar-refractivity contribution in [3.8, 4) is 0 Å². The predicted octanol–water partition coefficient (Wildman–Crippen LogP) is 2.04. The molecule has 2 N–H and O–H groups in total. The minimum atomic E-state index is -3.76. The van der Waals surface area contributed by atoms with Crippen LogP contribution in [-0.2, 0) is 19.1 Å². The Balaban J connectivity index is 0.000000220. The molecule has 0 fully saturated rings. The maximum atomic E-state index is 10.7. The van der Waals surface area contributed by atoms with E-state index in [0.29, 0.717) is 0 Å². The molecule has 0 radical (unpaired) electrons. The summed E-state index contributed by atoms with van der Waals surface area (Å²) in [6.07, 6.45) is 4.98. The van der Waals surface area contributed by atoms with E-state index in [1.165, 1.54) is 24.5 Å². The van der Waals surface area contributed by atoms with Crippen LogP contribution in [0.2, 0.25) is 10.0 Å². The van der Waals surface area contributed by atoms with E-state index in [9.17, 15) is 16.8 Å². The summed E-state index contributed by atoms with van der Waals surface area (Å²) in [5.74, 6) is 0. The third kappa shape index (κ3) is 5.67. The monoisotopic (exact) mass is 403 g/mol. The van der Waals surface area contributed by atoms with Crippen molar-refractivity contribution < 1.29 is 16.8 Å². The zero-order valence-electron chi connectivity index (χ0n) is 10.5. The number of aromatic nitrogens is 2. The molecular weight excluding hydrogens is 397 g/mol. The molecule has 2 heterocycles. The summed E-state index contributed by atoms with van der Waals surface area (Å²) < 4.78 is 42.8. The second-order valence-electron chi connectivity index (χ2n) is 3.60. The van der Waals surface area contributed by atoms with Gasteiger partial charge in [-0.05, 0) is 12.1 Å². The highest BCUT2D eigenvalue weighted by atomic mass is 35.7. The predicted molar refractivity (Wildman–Crippen MR) is 82.9 cm³/mol. The lowest BCUT2D eigenvalue weighted by Crippen LogP contribution is -2.12. The van der Waals surface area contributed by atoms with E-state index in [1.807, 2.05) is 0 Å². The zero-order valence-corrected chi connectivity index (χ0v) is 14.4. The molecule has 2 aromatic heterocycles. The molecule has 22 heavy (non-hydrogen) atoms. The minimum absolute atomic E-state index is 0.0787. The topological polar surface area (TPSA) is 120 Å². The quantitative estimate of drug-likeness (QED) is 0.765. The van der Waals surface area contributed by atoms with Gasteiger partial charge in [-0.25, -0.2) is 22.0 Å². The molecule has 0 saturated heterocycles. The summed E-state index contributed by atoms with van der Waals surface area (Å²) in [4.78, 5) is 6.82. The van der Waals surface area contributed by atoms with Crippen molar-refractivity contribution in [2.45, 2.75) is 9.79 Å². The van der Waals surface area contributed by atoms with Crippen molar-refractivity contribution in [1.82, 2.24) is 9.97 Å². The average Bonchev–Trinajstić information content (AvgIpc) is 2.37. The molecule has 7 nitrogen and oxygen atoms in total. The first kappa shape index (κ1) is 19.1. The molecular formula is C10H8Cl3N3O4S2. The van der Waals surface area contributed by atoms with E-state index in [4.69, 9.17) is 39.0 Å². The minimum Gasteiger partial charge on any atom is -0.263 e. The Morgan fingerprint density at radius 1 is 0.864 bits per heavy atom. The van der Waals surface area contributed by atoms with Crippen molar-refractivity contribution in [3.05, 3.63) is 47.0 Å². The highest BCUT2D eigenvalue weighted by Gasteiger charge is 2.13. The van der Waals surface area contributed by atoms with Gasteiger partial charge in [0.25, 0.3) is 9.05 Å². The molecule has 0 unspecified atom stereocenters. The molecule has 2 aromatic rings. The van der Waals surface area contributed by atoms with Gasteiger partial charge in [0.2, 0.25) is 10.0 Å². The van der Waals surface area contributed by atoms with E-state index in [1.54, 1.807) is 0 Å². The fourth-order valence-electron chi connectivity index (χ4n) is 1.11. The highest BCUT2D eigenvalue weighted by molar-refractivity contribution is 8.13. The van der Waals surface area contributed by atoms with Crippen LogP contribution in [-0.4, -0.2) is 26.8 Å². The van der Waals surface area contributed by atoms with Crippen molar-refractivity contribution in [2.24, 2.45) is 5.14 Å². The lowest BCUT2D eigenvalue weighted by molar-refractivity contribution is 0.597. The van der Waals surface area contributed by atoms with Crippen LogP contribution in [0, 0.1) is 0 Å². The molecule has 0 spiro atoms. The maximum absolute atomic E-state index is 10.7. The summed E-state index contributed by atoms with van der Waals surface area (Å²) in [6.45, 7) is 0. The van der Waals surface area contributed by atoms with Gasteiger partial charge < -0.3 is 0 Å². The molecule has 120 valence electrons. The second-order valence-corrected chi connectivity index (χ2v) is 8.47. The van der Waals surface area contributed by atoms with Gasteiger partial charge in [0.05, 0.1) is 10.0 Å². The van der Waals surface area contributed by atoms with E-state index in [-0.39, 0.29) is 19.8 Å². The van der Waals surface area contributed by atoms with E-state index >= 15 is 0 Å². The van der Waals surface area contributed by atoms with Crippen molar-refractivity contribution in [2.75, 3.05) is 0 Å². The average molecular weight is 405 g/mol. The standard InChI is InChI=1S/C5H3Cl2NO2S.C5H5ClN2O2S/c2*6-4-1-2-8-3-5(4)11(7,9)10/h1-3H;1-3H,(H2,7,9,10). The van der Waals surface area contributed by atoms with Gasteiger partial charge in [-0.2, -0.15) is 0 Å². The van der Waals surface area contributed by atoms with Crippen LogP contribution in [0.25, 0.3) is 0 Å². The summed E-state index contributed by atoms with van der Waals surface area (Å²) in [5, 5.41) is 4.97. The Morgan fingerprint density at radius 2 is 1.27 bits per heavy atom. The first-order valence-electron chi connectivity index (χ1n) is 5.20. The summed E-state index contributed by atoms with van der Waals surface area (Å²) in [5.41, 5.74) is 0. The van der Waals surface area contributed by atoms with Crippen LogP contribution in [0.5, 0.6) is 0 Å². The largest absolute Gasteiger partial charge is 0.264 e. The summed E-state index contributed by atoms with van der Waals surface area (Å²) in [6, 6.07) is 2.72. The van der Waals surface area contributed by atoms with Gasteiger partial charge in [0, 0.05) is 35.5 Å². The Bertz CT molecular complexity index is 799. The molecule has 0 amide bonds. The fourth-order valence-corrected chi connectivity index (χ4v) is 3.48. The molecule has 0 bridgehead atoms. The first-order chi connectivity index (χ1) is 10.0. The number of hydrogen-bond donors (Lipinski definition) is 1. The molecule has 2 rings (SSSR count). The number of primary sulfonamides is 1. The molecule has 0 aliphatic heterocycles. The number of halogens is 3. The first-order valence-corrected chi connectivity index (χ1v) is 9.81. The van der Waals surface area contributed by atoms with Crippen molar-refractivity contribution in [1.29, 1.82) is 0 Å². The maximum Gasteiger partial charge on any atom is 0.264 e. The number of nitrogens with zero attached hydrogens (tertiary/aromatic N) is 2. The van der Waals surface area contributed by atoms with Gasteiger partial charge >= 0.3 is 0 Å². The number of hydrogen-bond acceptors (Lipinski definition) is 6. The van der Waals surface area contributed by atoms with Crippen LogP contribution in [0.1, 0.15) is 0 Å². The van der Waals surface area contributed by atoms with Gasteiger partial charge in [-0.3, -0.25) is 9.97 Å². The highest BCUT2D eigenvalue weighted by Crippen LogP contribution is 2.22. The molecule has 0 aliphatic rings. The Hall–Kier alpha value is -0.970.